The van der Waals surface area contributed by atoms with Gasteiger partial charge in [-0.1, -0.05) is 0 Å². The molecule has 1 saturated heterocycles. The number of carbonyl (C=O) groups is 1. The summed E-state index contributed by atoms with van der Waals surface area (Å²) in [6, 6.07) is 2.90. The molecule has 0 radical (unpaired) electrons. The van der Waals surface area contributed by atoms with Gasteiger partial charge in [0.2, 0.25) is 5.88 Å². The lowest BCUT2D eigenvalue weighted by Crippen LogP contribution is -2.35. The highest BCUT2D eigenvalue weighted by atomic mass is 35.5. The number of likely N-dealkylation sites (tertiary alicyclic amines) is 1. The van der Waals surface area contributed by atoms with Crippen LogP contribution in [0.5, 0.6) is 5.88 Å². The Labute approximate surface area is 150 Å². The molecule has 0 saturated carbocycles. The van der Waals surface area contributed by atoms with Gasteiger partial charge in [0.15, 0.2) is 6.61 Å². The average molecular weight is 390 g/mol. The zero-order chi connectivity index (χ0) is 16.3. The third-order valence-electron chi connectivity index (χ3n) is 3.63. The van der Waals surface area contributed by atoms with Crippen LogP contribution < -0.4 is 10.5 Å². The molecule has 5 nitrogen and oxygen atoms in total. The molecule has 138 valence electrons. The number of hydrogen-bond acceptors (Lipinski definition) is 4. The number of pyridine rings is 1. The van der Waals surface area contributed by atoms with Crippen LogP contribution in [0.2, 0.25) is 0 Å². The molecule has 1 aromatic rings. The third kappa shape index (κ3) is 5.68. The van der Waals surface area contributed by atoms with E-state index in [0.717, 1.165) is 6.42 Å². The first-order chi connectivity index (χ1) is 10.3. The molecule has 0 spiro atoms. The van der Waals surface area contributed by atoms with E-state index >= 15 is 0 Å². The molecule has 1 fully saturated rings. The Morgan fingerprint density at radius 2 is 2.12 bits per heavy atom. The SMILES string of the molecule is CC1CC(CN)CN1C(=O)c1cccnc1OCC(F)(F)F.Cl.Cl. The number of nitrogens with zero attached hydrogens (tertiary/aromatic N) is 2. The average Bonchev–Trinajstić information content (AvgIpc) is 2.85. The van der Waals surface area contributed by atoms with E-state index in [0.29, 0.717) is 13.1 Å². The Hall–Kier alpha value is -1.25. The first kappa shape index (κ1) is 22.8. The number of rotatable bonds is 4. The molecular weight excluding hydrogens is 370 g/mol. The summed E-state index contributed by atoms with van der Waals surface area (Å²) >= 11 is 0. The van der Waals surface area contributed by atoms with Gasteiger partial charge in [0, 0.05) is 18.8 Å². The summed E-state index contributed by atoms with van der Waals surface area (Å²) in [5.74, 6) is -0.475. The Morgan fingerprint density at radius 1 is 1.46 bits per heavy atom. The van der Waals surface area contributed by atoms with Crippen molar-refractivity contribution in [3.63, 3.8) is 0 Å². The van der Waals surface area contributed by atoms with E-state index in [4.69, 9.17) is 5.73 Å². The zero-order valence-electron chi connectivity index (χ0n) is 13.0. The molecular formula is C14H20Cl2F3N3O2. The first-order valence-corrected chi connectivity index (χ1v) is 6.97. The van der Waals surface area contributed by atoms with Crippen molar-refractivity contribution in [3.8, 4) is 5.88 Å². The number of ether oxygens (including phenoxy) is 1. The molecule has 1 aromatic heterocycles. The molecule has 1 aliphatic heterocycles. The molecule has 0 aromatic carbocycles. The first-order valence-electron chi connectivity index (χ1n) is 6.97. The summed E-state index contributed by atoms with van der Waals surface area (Å²) in [7, 11) is 0. The van der Waals surface area contributed by atoms with Gasteiger partial charge in [-0.2, -0.15) is 13.2 Å². The number of hydrogen-bond donors (Lipinski definition) is 1. The van der Waals surface area contributed by atoms with Crippen molar-refractivity contribution < 1.29 is 22.7 Å². The second-order valence-corrected chi connectivity index (χ2v) is 5.40. The van der Waals surface area contributed by atoms with Crippen molar-refractivity contribution in [2.75, 3.05) is 19.7 Å². The number of carbonyl (C=O) groups excluding carboxylic acids is 1. The molecule has 2 heterocycles. The van der Waals surface area contributed by atoms with E-state index in [1.54, 1.807) is 4.90 Å². The van der Waals surface area contributed by atoms with Crippen LogP contribution in [-0.4, -0.2) is 47.7 Å². The molecule has 2 N–H and O–H groups in total. The van der Waals surface area contributed by atoms with Crippen LogP contribution in [0.1, 0.15) is 23.7 Å². The summed E-state index contributed by atoms with van der Waals surface area (Å²) < 4.78 is 41.5. The van der Waals surface area contributed by atoms with Crippen LogP contribution in [0.4, 0.5) is 13.2 Å². The van der Waals surface area contributed by atoms with Crippen LogP contribution in [0.3, 0.4) is 0 Å². The van der Waals surface area contributed by atoms with Crippen molar-refractivity contribution in [2.45, 2.75) is 25.6 Å². The van der Waals surface area contributed by atoms with Crippen LogP contribution in [0, 0.1) is 5.92 Å². The van der Waals surface area contributed by atoms with Crippen molar-refractivity contribution in [1.82, 2.24) is 9.88 Å². The highest BCUT2D eigenvalue weighted by Gasteiger charge is 2.34. The van der Waals surface area contributed by atoms with E-state index in [1.165, 1.54) is 18.3 Å². The Morgan fingerprint density at radius 3 is 2.67 bits per heavy atom. The van der Waals surface area contributed by atoms with Gasteiger partial charge in [0.05, 0.1) is 0 Å². The van der Waals surface area contributed by atoms with Crippen molar-refractivity contribution in [3.05, 3.63) is 23.9 Å². The van der Waals surface area contributed by atoms with Gasteiger partial charge in [-0.15, -0.1) is 24.8 Å². The smallest absolute Gasteiger partial charge is 0.422 e. The zero-order valence-corrected chi connectivity index (χ0v) is 14.6. The number of alkyl halides is 3. The third-order valence-corrected chi connectivity index (χ3v) is 3.63. The molecule has 2 rings (SSSR count). The van der Waals surface area contributed by atoms with E-state index in [1.807, 2.05) is 6.92 Å². The van der Waals surface area contributed by atoms with Crippen molar-refractivity contribution in [2.24, 2.45) is 11.7 Å². The highest BCUT2D eigenvalue weighted by molar-refractivity contribution is 5.96. The second kappa shape index (κ2) is 9.29. The van der Waals surface area contributed by atoms with E-state index in [-0.39, 0.29) is 54.1 Å². The predicted octanol–water partition coefficient (Wildman–Crippen LogP) is 2.68. The summed E-state index contributed by atoms with van der Waals surface area (Å²) in [5, 5.41) is 0. The minimum atomic E-state index is -4.48. The molecule has 2 atom stereocenters. The molecule has 0 bridgehead atoms. The molecule has 2 unspecified atom stereocenters. The van der Waals surface area contributed by atoms with Gasteiger partial charge in [-0.05, 0) is 37.9 Å². The number of amides is 1. The second-order valence-electron chi connectivity index (χ2n) is 5.40. The van der Waals surface area contributed by atoms with E-state index < -0.39 is 12.8 Å². The Balaban J connectivity index is 0.00000264. The topological polar surface area (TPSA) is 68.5 Å². The number of aromatic nitrogens is 1. The summed E-state index contributed by atoms with van der Waals surface area (Å²) in [6.45, 7) is 1.37. The van der Waals surface area contributed by atoms with Gasteiger partial charge < -0.3 is 15.4 Å². The van der Waals surface area contributed by atoms with Gasteiger partial charge in [-0.3, -0.25) is 4.79 Å². The maximum atomic E-state index is 12.5. The predicted molar refractivity (Wildman–Crippen MR) is 87.9 cm³/mol. The number of halogens is 5. The summed E-state index contributed by atoms with van der Waals surface area (Å²) in [5.41, 5.74) is 5.66. The van der Waals surface area contributed by atoms with Crippen LogP contribution in [0.25, 0.3) is 0 Å². The molecule has 0 aliphatic carbocycles. The van der Waals surface area contributed by atoms with Crippen LogP contribution in [0.15, 0.2) is 18.3 Å². The maximum Gasteiger partial charge on any atom is 0.422 e. The molecule has 1 amide bonds. The van der Waals surface area contributed by atoms with Crippen molar-refractivity contribution >= 4 is 30.7 Å². The van der Waals surface area contributed by atoms with E-state index in [2.05, 4.69) is 9.72 Å². The minimum absolute atomic E-state index is 0. The standard InChI is InChI=1S/C14H18F3N3O2.2ClH/c1-9-5-10(6-18)7-20(9)13(21)11-3-2-4-19-12(11)22-8-14(15,16)17;;/h2-4,9-10H,5-8,18H2,1H3;2*1H. The van der Waals surface area contributed by atoms with Gasteiger partial charge in [0.25, 0.3) is 5.91 Å². The fourth-order valence-electron chi connectivity index (χ4n) is 2.57. The van der Waals surface area contributed by atoms with Gasteiger partial charge in [-0.25, -0.2) is 4.98 Å². The number of nitrogens with two attached hydrogens (primary N) is 1. The summed E-state index contributed by atoms with van der Waals surface area (Å²) in [6.07, 6.45) is -2.41. The van der Waals surface area contributed by atoms with Gasteiger partial charge in [0.1, 0.15) is 5.56 Å². The van der Waals surface area contributed by atoms with Crippen molar-refractivity contribution in [1.29, 1.82) is 0 Å². The fraction of sp³-hybridized carbons (Fsp3) is 0.571. The lowest BCUT2D eigenvalue weighted by atomic mass is 10.1. The molecule has 24 heavy (non-hydrogen) atoms. The van der Waals surface area contributed by atoms with Crippen LogP contribution in [-0.2, 0) is 0 Å². The fourth-order valence-corrected chi connectivity index (χ4v) is 2.57. The molecule has 1 aliphatic rings. The minimum Gasteiger partial charge on any atom is -0.467 e. The van der Waals surface area contributed by atoms with Crippen LogP contribution >= 0.6 is 24.8 Å². The Kier molecular flexibility index (Phi) is 8.81. The molecule has 10 heteroatoms. The van der Waals surface area contributed by atoms with E-state index in [9.17, 15) is 18.0 Å². The summed E-state index contributed by atoms with van der Waals surface area (Å²) in [4.78, 5) is 17.9. The highest BCUT2D eigenvalue weighted by Crippen LogP contribution is 2.27. The normalized spacial score (nSPS) is 20.1. The maximum absolute atomic E-state index is 12.5. The van der Waals surface area contributed by atoms with Gasteiger partial charge >= 0.3 is 6.18 Å². The lowest BCUT2D eigenvalue weighted by molar-refractivity contribution is -0.154. The Bertz CT molecular complexity index is 546. The largest absolute Gasteiger partial charge is 0.467 e. The quantitative estimate of drug-likeness (QED) is 0.859. The monoisotopic (exact) mass is 389 g/mol. The lowest BCUT2D eigenvalue weighted by Gasteiger charge is -2.22.